The zero-order valence-corrected chi connectivity index (χ0v) is 16.0. The lowest BCUT2D eigenvalue weighted by Crippen LogP contribution is -2.48. The number of carbonyl (C=O) groups is 2. The molecule has 2 atom stereocenters. The Morgan fingerprint density at radius 2 is 1.61 bits per heavy atom. The monoisotopic (exact) mass is 378 g/mol. The van der Waals surface area contributed by atoms with Gasteiger partial charge in [-0.25, -0.2) is 0 Å². The molecule has 3 aliphatic heterocycles. The molecule has 0 unspecified atom stereocenters. The highest BCUT2D eigenvalue weighted by atomic mass is 16.5. The number of amides is 2. The van der Waals surface area contributed by atoms with Gasteiger partial charge in [0.05, 0.1) is 13.0 Å². The van der Waals surface area contributed by atoms with Crippen LogP contribution < -0.4 is 4.74 Å². The van der Waals surface area contributed by atoms with Crippen LogP contribution in [0, 0.1) is 5.92 Å². The fraction of sp³-hybridized carbons (Fsp3) is 0.391. The topological polar surface area (TPSA) is 49.9 Å². The lowest BCUT2D eigenvalue weighted by atomic mass is 9.95. The van der Waals surface area contributed by atoms with Crippen molar-refractivity contribution in [2.45, 2.75) is 25.3 Å². The Hall–Kier alpha value is -2.82. The van der Waals surface area contributed by atoms with Crippen LogP contribution in [0.1, 0.15) is 29.6 Å². The molecule has 3 heterocycles. The average molecular weight is 378 g/mol. The van der Waals surface area contributed by atoms with Crippen LogP contribution in [0.4, 0.5) is 0 Å². The second-order valence-electron chi connectivity index (χ2n) is 7.63. The van der Waals surface area contributed by atoms with E-state index in [1.165, 1.54) is 0 Å². The number of nitrogens with zero attached hydrogens (tertiary/aromatic N) is 2. The molecule has 5 heteroatoms. The van der Waals surface area contributed by atoms with Gasteiger partial charge in [0.25, 0.3) is 5.91 Å². The Bertz CT molecular complexity index is 809. The Morgan fingerprint density at radius 3 is 2.36 bits per heavy atom. The summed E-state index contributed by atoms with van der Waals surface area (Å²) in [4.78, 5) is 29.6. The summed E-state index contributed by atoms with van der Waals surface area (Å²) in [6, 6.07) is 19.1. The molecular formula is C23H26N2O3. The molecule has 0 saturated carbocycles. The van der Waals surface area contributed by atoms with Crippen LogP contribution in [0.25, 0.3) is 0 Å². The van der Waals surface area contributed by atoms with Gasteiger partial charge in [0.2, 0.25) is 5.91 Å². The van der Waals surface area contributed by atoms with E-state index in [2.05, 4.69) is 0 Å². The summed E-state index contributed by atoms with van der Waals surface area (Å²) in [5.41, 5.74) is 0.720. The molecule has 2 aromatic carbocycles. The number of hydrogen-bond donors (Lipinski definition) is 0. The molecule has 146 valence electrons. The van der Waals surface area contributed by atoms with Crippen molar-refractivity contribution in [1.29, 1.82) is 0 Å². The number of piperidine rings is 1. The minimum absolute atomic E-state index is 0.0687. The van der Waals surface area contributed by atoms with Crippen molar-refractivity contribution in [3.63, 3.8) is 0 Å². The van der Waals surface area contributed by atoms with Crippen LogP contribution in [0.2, 0.25) is 0 Å². The van der Waals surface area contributed by atoms with Gasteiger partial charge in [-0.1, -0.05) is 36.4 Å². The lowest BCUT2D eigenvalue weighted by molar-refractivity contribution is -0.135. The fourth-order valence-corrected chi connectivity index (χ4v) is 4.23. The third kappa shape index (κ3) is 4.19. The highest BCUT2D eigenvalue weighted by Gasteiger charge is 2.38. The van der Waals surface area contributed by atoms with Crippen LogP contribution in [-0.4, -0.2) is 53.9 Å². The highest BCUT2D eigenvalue weighted by Crippen LogP contribution is 2.29. The van der Waals surface area contributed by atoms with Gasteiger partial charge in [0, 0.05) is 31.2 Å². The van der Waals surface area contributed by atoms with E-state index in [-0.39, 0.29) is 17.9 Å². The average Bonchev–Trinajstić information content (AvgIpc) is 3.07. The molecule has 0 aromatic heterocycles. The van der Waals surface area contributed by atoms with Crippen molar-refractivity contribution in [2.24, 2.45) is 5.92 Å². The number of benzene rings is 2. The summed E-state index contributed by atoms with van der Waals surface area (Å²) in [5.74, 6) is 1.33. The summed E-state index contributed by atoms with van der Waals surface area (Å²) < 4.78 is 5.68. The van der Waals surface area contributed by atoms with E-state index in [1.807, 2.05) is 70.5 Å². The molecule has 0 spiro atoms. The van der Waals surface area contributed by atoms with E-state index >= 15 is 0 Å². The standard InChI is InChI=1S/C23H26N2O3/c26-22(13-14-28-21-9-5-2-6-10-21)25-16-18-11-12-20(25)17-24(15-18)23(27)19-7-3-1-4-8-19/h1-10,18,20H,11-17H2/t18-,20+/m1/s1. The molecule has 0 N–H and O–H groups in total. The first-order valence-electron chi connectivity index (χ1n) is 10.0. The molecule has 28 heavy (non-hydrogen) atoms. The summed E-state index contributed by atoms with van der Waals surface area (Å²) in [6.07, 6.45) is 2.41. The van der Waals surface area contributed by atoms with E-state index in [9.17, 15) is 9.59 Å². The number of para-hydroxylation sites is 1. The van der Waals surface area contributed by atoms with E-state index < -0.39 is 0 Å². The van der Waals surface area contributed by atoms with Crippen molar-refractivity contribution in [3.8, 4) is 5.75 Å². The third-order valence-electron chi connectivity index (χ3n) is 5.67. The SMILES string of the molecule is O=C(c1ccccc1)N1C[C@H]2CC[C@@H](C1)N(C(=O)CCOc1ccccc1)C2. The molecule has 0 radical (unpaired) electrons. The van der Waals surface area contributed by atoms with Crippen LogP contribution in [0.5, 0.6) is 5.75 Å². The molecule has 2 amide bonds. The molecular weight excluding hydrogens is 352 g/mol. The van der Waals surface area contributed by atoms with Crippen molar-refractivity contribution in [1.82, 2.24) is 9.80 Å². The van der Waals surface area contributed by atoms with E-state index in [1.54, 1.807) is 0 Å². The minimum atomic E-state index is 0.0687. The normalized spacial score (nSPS) is 21.3. The number of fused-ring (bicyclic) bond motifs is 4. The smallest absolute Gasteiger partial charge is 0.253 e. The third-order valence-corrected chi connectivity index (χ3v) is 5.67. The first-order valence-corrected chi connectivity index (χ1v) is 10.0. The zero-order chi connectivity index (χ0) is 19.3. The molecule has 5 rings (SSSR count). The van der Waals surface area contributed by atoms with Crippen molar-refractivity contribution in [2.75, 3.05) is 26.2 Å². The number of carbonyl (C=O) groups excluding carboxylic acids is 2. The molecule has 2 aromatic rings. The van der Waals surface area contributed by atoms with Gasteiger partial charge in [0.1, 0.15) is 5.75 Å². The van der Waals surface area contributed by atoms with E-state index in [0.29, 0.717) is 25.5 Å². The summed E-state index contributed by atoms with van der Waals surface area (Å²) in [5, 5.41) is 0. The fourth-order valence-electron chi connectivity index (χ4n) is 4.23. The first-order chi connectivity index (χ1) is 13.7. The van der Waals surface area contributed by atoms with Gasteiger partial charge in [-0.3, -0.25) is 9.59 Å². The Labute approximate surface area is 165 Å². The van der Waals surface area contributed by atoms with Gasteiger partial charge >= 0.3 is 0 Å². The summed E-state index contributed by atoms with van der Waals surface area (Å²) in [7, 11) is 0. The second-order valence-corrected chi connectivity index (χ2v) is 7.63. The van der Waals surface area contributed by atoms with E-state index in [4.69, 9.17) is 4.74 Å². The van der Waals surface area contributed by atoms with Gasteiger partial charge in [-0.15, -0.1) is 0 Å². The number of hydrogen-bond acceptors (Lipinski definition) is 3. The predicted octanol–water partition coefficient (Wildman–Crippen LogP) is 3.22. The Morgan fingerprint density at radius 1 is 0.893 bits per heavy atom. The lowest BCUT2D eigenvalue weighted by Gasteiger charge is -2.36. The van der Waals surface area contributed by atoms with Crippen molar-refractivity contribution < 1.29 is 14.3 Å². The number of ether oxygens (including phenoxy) is 1. The quantitative estimate of drug-likeness (QED) is 0.803. The van der Waals surface area contributed by atoms with Crippen LogP contribution in [-0.2, 0) is 4.79 Å². The van der Waals surface area contributed by atoms with Crippen LogP contribution >= 0.6 is 0 Å². The second kappa shape index (κ2) is 8.46. The molecule has 3 aliphatic rings. The number of rotatable bonds is 5. The first kappa shape index (κ1) is 18.5. The van der Waals surface area contributed by atoms with Gasteiger partial charge < -0.3 is 14.5 Å². The maximum atomic E-state index is 12.9. The maximum Gasteiger partial charge on any atom is 0.253 e. The summed E-state index contributed by atoms with van der Waals surface area (Å²) >= 11 is 0. The predicted molar refractivity (Wildman–Crippen MR) is 107 cm³/mol. The van der Waals surface area contributed by atoms with Gasteiger partial charge in [0.15, 0.2) is 0 Å². The van der Waals surface area contributed by atoms with Gasteiger partial charge in [-0.05, 0) is 43.0 Å². The minimum Gasteiger partial charge on any atom is -0.493 e. The Balaban J connectivity index is 1.36. The van der Waals surface area contributed by atoms with Gasteiger partial charge in [-0.2, -0.15) is 0 Å². The van der Waals surface area contributed by atoms with Crippen molar-refractivity contribution in [3.05, 3.63) is 66.2 Å². The molecule has 3 saturated heterocycles. The molecule has 0 aliphatic carbocycles. The van der Waals surface area contributed by atoms with Crippen LogP contribution in [0.15, 0.2) is 60.7 Å². The highest BCUT2D eigenvalue weighted by molar-refractivity contribution is 5.94. The van der Waals surface area contributed by atoms with Crippen molar-refractivity contribution >= 4 is 11.8 Å². The van der Waals surface area contributed by atoms with Crippen LogP contribution in [0.3, 0.4) is 0 Å². The zero-order valence-electron chi connectivity index (χ0n) is 16.0. The van der Waals surface area contributed by atoms with E-state index in [0.717, 1.165) is 37.2 Å². The maximum absolute atomic E-state index is 12.9. The molecule has 5 nitrogen and oxygen atoms in total. The summed E-state index contributed by atoms with van der Waals surface area (Å²) in [6.45, 7) is 2.47. The Kier molecular flexibility index (Phi) is 5.60. The molecule has 2 bridgehead atoms. The molecule has 3 fully saturated rings. The largest absolute Gasteiger partial charge is 0.493 e.